The topological polar surface area (TPSA) is 103 Å². The second kappa shape index (κ2) is 5.57. The first-order chi connectivity index (χ1) is 9.08. The highest BCUT2D eigenvalue weighted by molar-refractivity contribution is 7.17. The van der Waals surface area contributed by atoms with Crippen LogP contribution in [0.4, 0.5) is 10.8 Å². The molecular weight excluding hydrogens is 264 g/mol. The highest BCUT2D eigenvalue weighted by Crippen LogP contribution is 2.31. The van der Waals surface area contributed by atoms with Gasteiger partial charge in [-0.1, -0.05) is 11.3 Å². The van der Waals surface area contributed by atoms with Gasteiger partial charge in [0.15, 0.2) is 5.13 Å². The number of benzene rings is 1. The minimum absolute atomic E-state index is 0.112. The number of nitrogens with zero attached hydrogens (tertiary/aromatic N) is 1. The molecule has 0 saturated heterocycles. The molecule has 0 saturated carbocycles. The van der Waals surface area contributed by atoms with Crippen LogP contribution in [0.15, 0.2) is 24.4 Å². The lowest BCUT2D eigenvalue weighted by Gasteiger charge is -2.09. The lowest BCUT2D eigenvalue weighted by molar-refractivity contribution is -0.119. The average molecular weight is 278 g/mol. The van der Waals surface area contributed by atoms with Crippen LogP contribution in [-0.2, 0) is 11.2 Å². The third kappa shape index (κ3) is 3.35. The number of hydrogen-bond donors (Lipinski definition) is 3. The average Bonchev–Trinajstić information content (AvgIpc) is 2.78. The monoisotopic (exact) mass is 278 g/mol. The molecule has 0 aliphatic rings. The van der Waals surface area contributed by atoms with Gasteiger partial charge in [-0.05, 0) is 18.2 Å². The number of nitrogens with one attached hydrogen (secondary N) is 1. The van der Waals surface area contributed by atoms with Crippen LogP contribution in [0, 0.1) is 0 Å². The second-order valence-corrected chi connectivity index (χ2v) is 4.86. The van der Waals surface area contributed by atoms with Gasteiger partial charge in [0.2, 0.25) is 11.0 Å². The minimum Gasteiger partial charge on any atom is -0.445 e. The van der Waals surface area contributed by atoms with Crippen LogP contribution >= 0.6 is 11.3 Å². The molecule has 0 aliphatic heterocycles. The number of thiazole rings is 1. The summed E-state index contributed by atoms with van der Waals surface area (Å²) in [5.41, 5.74) is 12.6. The van der Waals surface area contributed by atoms with Crippen LogP contribution in [0.2, 0.25) is 0 Å². The van der Waals surface area contributed by atoms with Crippen molar-refractivity contribution in [1.29, 1.82) is 0 Å². The van der Waals surface area contributed by atoms with Crippen LogP contribution in [0.1, 0.15) is 5.56 Å². The Morgan fingerprint density at radius 1 is 1.47 bits per heavy atom. The molecule has 0 bridgehead atoms. The number of ether oxygens (including phenoxy) is 1. The molecule has 0 atom stereocenters. The number of nitrogen functional groups attached to an aromatic ring is 2. The Balaban J connectivity index is 2.25. The molecule has 0 unspecified atom stereocenters. The van der Waals surface area contributed by atoms with Crippen LogP contribution in [0.25, 0.3) is 0 Å². The Morgan fingerprint density at radius 2 is 2.26 bits per heavy atom. The molecule has 0 fully saturated rings. The van der Waals surface area contributed by atoms with Crippen molar-refractivity contribution in [2.45, 2.75) is 6.42 Å². The molecule has 2 aromatic rings. The summed E-state index contributed by atoms with van der Waals surface area (Å²) in [7, 11) is 1.58. The van der Waals surface area contributed by atoms with Gasteiger partial charge in [-0.2, -0.15) is 0 Å². The van der Waals surface area contributed by atoms with E-state index in [1.165, 1.54) is 11.3 Å². The molecule has 5 N–H and O–H groups in total. The Kier molecular flexibility index (Phi) is 3.86. The first kappa shape index (κ1) is 13.2. The number of aromatic nitrogens is 1. The normalized spacial score (nSPS) is 10.2. The maximum Gasteiger partial charge on any atom is 0.224 e. The van der Waals surface area contributed by atoms with E-state index in [1.54, 1.807) is 31.4 Å². The second-order valence-electron chi connectivity index (χ2n) is 3.84. The van der Waals surface area contributed by atoms with Gasteiger partial charge in [0.1, 0.15) is 5.75 Å². The highest BCUT2D eigenvalue weighted by atomic mass is 32.1. The molecule has 1 heterocycles. The third-order valence-electron chi connectivity index (χ3n) is 2.43. The first-order valence-electron chi connectivity index (χ1n) is 5.56. The van der Waals surface area contributed by atoms with Crippen molar-refractivity contribution in [3.05, 3.63) is 30.0 Å². The number of carbonyl (C=O) groups excluding carboxylic acids is 1. The number of amides is 1. The molecule has 19 heavy (non-hydrogen) atoms. The smallest absolute Gasteiger partial charge is 0.224 e. The van der Waals surface area contributed by atoms with Gasteiger partial charge in [-0.15, -0.1) is 0 Å². The summed E-state index contributed by atoms with van der Waals surface area (Å²) in [6.07, 6.45) is 1.74. The van der Waals surface area contributed by atoms with E-state index in [0.717, 1.165) is 0 Å². The Hall–Kier alpha value is -2.28. The van der Waals surface area contributed by atoms with Gasteiger partial charge in [0.05, 0.1) is 12.6 Å². The van der Waals surface area contributed by atoms with Crippen LogP contribution in [0.3, 0.4) is 0 Å². The molecule has 1 aromatic carbocycles. The maximum absolute atomic E-state index is 11.5. The van der Waals surface area contributed by atoms with E-state index in [1.807, 2.05) is 0 Å². The van der Waals surface area contributed by atoms with Crippen molar-refractivity contribution in [2.75, 3.05) is 18.5 Å². The molecule has 6 nitrogen and oxygen atoms in total. The van der Waals surface area contributed by atoms with Gasteiger partial charge in [0.25, 0.3) is 0 Å². The summed E-state index contributed by atoms with van der Waals surface area (Å²) in [5.74, 6) is 0.459. The zero-order valence-corrected chi connectivity index (χ0v) is 11.2. The van der Waals surface area contributed by atoms with E-state index in [0.29, 0.717) is 27.2 Å². The number of rotatable bonds is 4. The fraction of sp³-hybridized carbons (Fsp3) is 0.167. The van der Waals surface area contributed by atoms with Crippen molar-refractivity contribution in [1.82, 2.24) is 10.3 Å². The van der Waals surface area contributed by atoms with Gasteiger partial charge in [0, 0.05) is 18.3 Å². The fourth-order valence-corrected chi connectivity index (χ4v) is 2.07. The third-order valence-corrected chi connectivity index (χ3v) is 3.13. The van der Waals surface area contributed by atoms with Gasteiger partial charge in [-0.3, -0.25) is 4.79 Å². The molecule has 1 aromatic heterocycles. The summed E-state index contributed by atoms with van der Waals surface area (Å²) >= 11 is 1.23. The predicted octanol–water partition coefficient (Wildman–Crippen LogP) is 1.39. The van der Waals surface area contributed by atoms with Crippen LogP contribution in [0.5, 0.6) is 10.8 Å². The summed E-state index contributed by atoms with van der Waals surface area (Å²) in [4.78, 5) is 15.4. The fourth-order valence-electron chi connectivity index (χ4n) is 1.53. The van der Waals surface area contributed by atoms with Crippen molar-refractivity contribution >= 4 is 28.1 Å². The maximum atomic E-state index is 11.5. The first-order valence-corrected chi connectivity index (χ1v) is 6.38. The zero-order chi connectivity index (χ0) is 13.8. The Morgan fingerprint density at radius 3 is 2.89 bits per heavy atom. The van der Waals surface area contributed by atoms with E-state index in [9.17, 15) is 4.79 Å². The standard InChI is InChI=1S/C12H14N4O2S/c1-15-10(17)5-7-4-8(13)2-3-9(7)18-11-6-16-12(14)19-11/h2-4,6H,5,13H2,1H3,(H2,14,16)(H,15,17). The SMILES string of the molecule is CNC(=O)Cc1cc(N)ccc1Oc1cnc(N)s1. The molecule has 0 radical (unpaired) electrons. The van der Waals surface area contributed by atoms with Crippen molar-refractivity contribution in [3.8, 4) is 10.8 Å². The Bertz CT molecular complexity index is 597. The van der Waals surface area contributed by atoms with E-state index in [4.69, 9.17) is 16.2 Å². The minimum atomic E-state index is -0.112. The number of carbonyl (C=O) groups is 1. The molecular formula is C12H14N4O2S. The zero-order valence-electron chi connectivity index (χ0n) is 10.3. The molecule has 0 spiro atoms. The van der Waals surface area contributed by atoms with Crippen molar-refractivity contribution < 1.29 is 9.53 Å². The van der Waals surface area contributed by atoms with Crippen LogP contribution < -0.4 is 21.5 Å². The summed E-state index contributed by atoms with van der Waals surface area (Å²) in [6, 6.07) is 5.16. The lowest BCUT2D eigenvalue weighted by Crippen LogP contribution is -2.20. The van der Waals surface area contributed by atoms with E-state index >= 15 is 0 Å². The molecule has 1 amide bonds. The molecule has 2 rings (SSSR count). The summed E-state index contributed by atoms with van der Waals surface area (Å²) in [5, 5.41) is 3.56. The molecule has 100 valence electrons. The van der Waals surface area contributed by atoms with E-state index in [2.05, 4.69) is 10.3 Å². The number of anilines is 2. The predicted molar refractivity (Wildman–Crippen MR) is 75.2 cm³/mol. The summed E-state index contributed by atoms with van der Waals surface area (Å²) in [6.45, 7) is 0. The van der Waals surface area contributed by atoms with Gasteiger partial charge >= 0.3 is 0 Å². The molecule has 7 heteroatoms. The van der Waals surface area contributed by atoms with Crippen molar-refractivity contribution in [2.24, 2.45) is 0 Å². The van der Waals surface area contributed by atoms with Crippen molar-refractivity contribution in [3.63, 3.8) is 0 Å². The van der Waals surface area contributed by atoms with E-state index < -0.39 is 0 Å². The number of likely N-dealkylation sites (N-methyl/N-ethyl adjacent to an activating group) is 1. The molecule has 0 aliphatic carbocycles. The van der Waals surface area contributed by atoms with E-state index in [-0.39, 0.29) is 12.3 Å². The quantitative estimate of drug-likeness (QED) is 0.733. The number of hydrogen-bond acceptors (Lipinski definition) is 6. The summed E-state index contributed by atoms with van der Waals surface area (Å²) < 4.78 is 5.67. The van der Waals surface area contributed by atoms with Gasteiger partial charge < -0.3 is 21.5 Å². The Labute approximate surface area is 114 Å². The lowest BCUT2D eigenvalue weighted by atomic mass is 10.1. The van der Waals surface area contributed by atoms with Gasteiger partial charge in [-0.25, -0.2) is 4.98 Å². The highest BCUT2D eigenvalue weighted by Gasteiger charge is 2.11. The largest absolute Gasteiger partial charge is 0.445 e. The van der Waals surface area contributed by atoms with Crippen LogP contribution in [-0.4, -0.2) is 17.9 Å². The number of nitrogens with two attached hydrogens (primary N) is 2.